The minimum Gasteiger partial charge on any atom is -0.493 e. The van der Waals surface area contributed by atoms with E-state index in [-0.39, 0.29) is 6.03 Å². The highest BCUT2D eigenvalue weighted by Crippen LogP contribution is 2.29. The number of carbonyl (C=O) groups excluding carboxylic acids is 1. The first-order valence-electron chi connectivity index (χ1n) is 7.67. The van der Waals surface area contributed by atoms with Crippen LogP contribution in [0.5, 0.6) is 11.5 Å². The lowest BCUT2D eigenvalue weighted by atomic mass is 9.97. The normalized spacial score (nSPS) is 14.0. The molecule has 1 aromatic carbocycles. The van der Waals surface area contributed by atoms with Crippen molar-refractivity contribution in [2.24, 2.45) is 0 Å². The number of anilines is 1. The third-order valence-electron chi connectivity index (χ3n) is 3.76. The van der Waals surface area contributed by atoms with Crippen molar-refractivity contribution in [3.63, 3.8) is 0 Å². The van der Waals surface area contributed by atoms with Crippen molar-refractivity contribution in [1.29, 1.82) is 0 Å². The van der Waals surface area contributed by atoms with Crippen molar-refractivity contribution in [2.45, 2.75) is 32.1 Å². The fraction of sp³-hybridized carbons (Fsp3) is 0.471. The molecule has 0 aromatic heterocycles. The number of benzene rings is 1. The number of hydrogen-bond donors (Lipinski definition) is 2. The SMILES string of the molecule is COc1ccc(NC(=O)NCCC2=CCCCC2)cc1OC. The number of urea groups is 1. The van der Waals surface area contributed by atoms with Crippen molar-refractivity contribution < 1.29 is 14.3 Å². The molecule has 2 N–H and O–H groups in total. The summed E-state index contributed by atoms with van der Waals surface area (Å²) in [7, 11) is 3.15. The van der Waals surface area contributed by atoms with E-state index in [1.165, 1.54) is 31.3 Å². The van der Waals surface area contributed by atoms with Gasteiger partial charge in [0.25, 0.3) is 0 Å². The van der Waals surface area contributed by atoms with Crippen LogP contribution in [0.15, 0.2) is 29.8 Å². The van der Waals surface area contributed by atoms with Gasteiger partial charge in [-0.25, -0.2) is 4.79 Å². The van der Waals surface area contributed by atoms with Gasteiger partial charge in [-0.2, -0.15) is 0 Å². The third-order valence-corrected chi connectivity index (χ3v) is 3.76. The molecule has 2 rings (SSSR count). The molecule has 0 saturated carbocycles. The predicted molar refractivity (Wildman–Crippen MR) is 87.7 cm³/mol. The first-order valence-corrected chi connectivity index (χ1v) is 7.67. The minimum atomic E-state index is -0.205. The number of rotatable bonds is 6. The molecule has 1 aromatic rings. The van der Waals surface area contributed by atoms with Crippen molar-refractivity contribution >= 4 is 11.7 Å². The zero-order valence-corrected chi connectivity index (χ0v) is 13.3. The molecule has 0 bridgehead atoms. The van der Waals surface area contributed by atoms with Gasteiger partial charge in [0.15, 0.2) is 11.5 Å². The topological polar surface area (TPSA) is 59.6 Å². The van der Waals surface area contributed by atoms with E-state index in [2.05, 4.69) is 16.7 Å². The molecule has 1 aliphatic rings. The van der Waals surface area contributed by atoms with Crippen LogP contribution < -0.4 is 20.1 Å². The van der Waals surface area contributed by atoms with Crippen LogP contribution in [0, 0.1) is 0 Å². The van der Waals surface area contributed by atoms with Gasteiger partial charge in [-0.1, -0.05) is 11.6 Å². The monoisotopic (exact) mass is 304 g/mol. The molecule has 0 fully saturated rings. The summed E-state index contributed by atoms with van der Waals surface area (Å²) >= 11 is 0. The number of amides is 2. The van der Waals surface area contributed by atoms with Gasteiger partial charge in [-0.15, -0.1) is 0 Å². The Morgan fingerprint density at radius 3 is 2.68 bits per heavy atom. The number of ether oxygens (including phenoxy) is 2. The number of carbonyl (C=O) groups is 1. The summed E-state index contributed by atoms with van der Waals surface area (Å²) in [6.45, 7) is 0.658. The highest BCUT2D eigenvalue weighted by Gasteiger charge is 2.08. The summed E-state index contributed by atoms with van der Waals surface area (Å²) in [4.78, 5) is 11.9. The van der Waals surface area contributed by atoms with Crippen LogP contribution in [0.4, 0.5) is 10.5 Å². The molecule has 0 radical (unpaired) electrons. The number of nitrogens with one attached hydrogen (secondary N) is 2. The standard InChI is InChI=1S/C17H24N2O3/c1-21-15-9-8-14(12-16(15)22-2)19-17(20)18-11-10-13-6-4-3-5-7-13/h6,8-9,12H,3-5,7,10-11H2,1-2H3,(H2,18,19,20). The second-order valence-electron chi connectivity index (χ2n) is 5.31. The fourth-order valence-corrected chi connectivity index (χ4v) is 2.56. The van der Waals surface area contributed by atoms with E-state index in [9.17, 15) is 4.79 Å². The van der Waals surface area contributed by atoms with E-state index in [0.29, 0.717) is 23.7 Å². The molecule has 2 amide bonds. The Morgan fingerprint density at radius 1 is 1.18 bits per heavy atom. The van der Waals surface area contributed by atoms with Gasteiger partial charge in [0.2, 0.25) is 0 Å². The molecule has 0 saturated heterocycles. The molecular formula is C17H24N2O3. The Kier molecular flexibility index (Phi) is 6.13. The van der Waals surface area contributed by atoms with Crippen molar-refractivity contribution in [3.05, 3.63) is 29.8 Å². The van der Waals surface area contributed by atoms with Crippen LogP contribution in [0.25, 0.3) is 0 Å². The van der Waals surface area contributed by atoms with E-state index in [1.54, 1.807) is 32.4 Å². The van der Waals surface area contributed by atoms with Crippen molar-refractivity contribution in [1.82, 2.24) is 5.32 Å². The lowest BCUT2D eigenvalue weighted by Crippen LogP contribution is -2.29. The summed E-state index contributed by atoms with van der Waals surface area (Å²) in [5.41, 5.74) is 2.13. The Hall–Kier alpha value is -2.17. The number of methoxy groups -OCH3 is 2. The van der Waals surface area contributed by atoms with Crippen LogP contribution >= 0.6 is 0 Å². The van der Waals surface area contributed by atoms with Gasteiger partial charge in [0.1, 0.15) is 0 Å². The highest BCUT2D eigenvalue weighted by molar-refractivity contribution is 5.89. The van der Waals surface area contributed by atoms with E-state index in [0.717, 1.165) is 6.42 Å². The third kappa shape index (κ3) is 4.69. The predicted octanol–water partition coefficient (Wildman–Crippen LogP) is 3.72. The number of allylic oxidation sites excluding steroid dienone is 1. The Balaban J connectivity index is 1.80. The van der Waals surface area contributed by atoms with Crippen LogP contribution in [-0.2, 0) is 0 Å². The van der Waals surface area contributed by atoms with Gasteiger partial charge >= 0.3 is 6.03 Å². The summed E-state index contributed by atoms with van der Waals surface area (Å²) in [5.74, 6) is 1.23. The molecule has 0 unspecified atom stereocenters. The van der Waals surface area contributed by atoms with Crippen molar-refractivity contribution in [2.75, 3.05) is 26.1 Å². The lowest BCUT2D eigenvalue weighted by Gasteiger charge is -2.14. The Bertz CT molecular complexity index is 541. The van der Waals surface area contributed by atoms with Crippen LogP contribution in [0.2, 0.25) is 0 Å². The van der Waals surface area contributed by atoms with Crippen LogP contribution in [0.3, 0.4) is 0 Å². The summed E-state index contributed by atoms with van der Waals surface area (Å²) < 4.78 is 10.4. The summed E-state index contributed by atoms with van der Waals surface area (Å²) in [6.07, 6.45) is 8.13. The van der Waals surface area contributed by atoms with E-state index >= 15 is 0 Å². The highest BCUT2D eigenvalue weighted by atomic mass is 16.5. The zero-order chi connectivity index (χ0) is 15.8. The second-order valence-corrected chi connectivity index (χ2v) is 5.31. The first-order chi connectivity index (χ1) is 10.7. The Labute approximate surface area is 131 Å². The van der Waals surface area contributed by atoms with Crippen LogP contribution in [-0.4, -0.2) is 26.8 Å². The molecule has 0 heterocycles. The average molecular weight is 304 g/mol. The molecular weight excluding hydrogens is 280 g/mol. The Morgan fingerprint density at radius 2 is 2.00 bits per heavy atom. The number of hydrogen-bond acceptors (Lipinski definition) is 3. The maximum Gasteiger partial charge on any atom is 0.319 e. The molecule has 120 valence electrons. The molecule has 1 aliphatic carbocycles. The first kappa shape index (κ1) is 16.2. The van der Waals surface area contributed by atoms with Gasteiger partial charge in [0.05, 0.1) is 14.2 Å². The maximum atomic E-state index is 11.9. The maximum absolute atomic E-state index is 11.9. The molecule has 22 heavy (non-hydrogen) atoms. The van der Waals surface area contributed by atoms with E-state index in [4.69, 9.17) is 9.47 Å². The molecule has 5 nitrogen and oxygen atoms in total. The molecule has 0 atom stereocenters. The van der Waals surface area contributed by atoms with Gasteiger partial charge in [-0.05, 0) is 44.2 Å². The van der Waals surface area contributed by atoms with Crippen molar-refractivity contribution in [3.8, 4) is 11.5 Å². The van der Waals surface area contributed by atoms with Gasteiger partial charge in [-0.3, -0.25) is 0 Å². The fourth-order valence-electron chi connectivity index (χ4n) is 2.56. The van der Waals surface area contributed by atoms with Gasteiger partial charge < -0.3 is 20.1 Å². The minimum absolute atomic E-state index is 0.205. The summed E-state index contributed by atoms with van der Waals surface area (Å²) in [6, 6.07) is 5.08. The smallest absolute Gasteiger partial charge is 0.319 e. The van der Waals surface area contributed by atoms with Crippen LogP contribution in [0.1, 0.15) is 32.1 Å². The molecule has 5 heteroatoms. The zero-order valence-electron chi connectivity index (χ0n) is 13.3. The van der Waals surface area contributed by atoms with Gasteiger partial charge in [0, 0.05) is 18.3 Å². The largest absolute Gasteiger partial charge is 0.493 e. The molecule has 0 aliphatic heterocycles. The second kappa shape index (κ2) is 8.32. The summed E-state index contributed by atoms with van der Waals surface area (Å²) in [5, 5.41) is 5.68. The van der Waals surface area contributed by atoms with E-state index in [1.807, 2.05) is 0 Å². The quantitative estimate of drug-likeness (QED) is 0.788. The van der Waals surface area contributed by atoms with E-state index < -0.39 is 0 Å². The molecule has 0 spiro atoms. The lowest BCUT2D eigenvalue weighted by molar-refractivity contribution is 0.252. The average Bonchev–Trinajstić information content (AvgIpc) is 2.55.